The fraction of sp³-hybridized carbons (Fsp3) is 0.588. The average molecular weight is 493 g/mol. The normalized spacial score (nSPS) is 26.2. The van der Waals surface area contributed by atoms with E-state index in [1.165, 1.54) is 6.92 Å². The van der Waals surface area contributed by atoms with E-state index in [0.717, 1.165) is 18.1 Å². The van der Waals surface area contributed by atoms with E-state index >= 15 is 0 Å². The smallest absolute Gasteiger partial charge is 0.264 e. The lowest BCUT2D eigenvalue weighted by Crippen LogP contribution is -2.66. The minimum atomic E-state index is -4.16. The van der Waals surface area contributed by atoms with Gasteiger partial charge in [-0.1, -0.05) is 35.4 Å². The zero-order valence-electron chi connectivity index (χ0n) is 17.5. The molecule has 1 fully saturated rings. The fourth-order valence-corrected chi connectivity index (χ4v) is 4.35. The molecule has 0 aliphatic carbocycles. The molecule has 1 aliphatic heterocycles. The van der Waals surface area contributed by atoms with E-state index in [-0.39, 0.29) is 6.61 Å². The van der Waals surface area contributed by atoms with Gasteiger partial charge in [-0.25, -0.2) is 0 Å². The molecule has 13 nitrogen and oxygen atoms in total. The van der Waals surface area contributed by atoms with Crippen LogP contribution in [0.15, 0.2) is 35.4 Å². The number of azide groups is 1. The van der Waals surface area contributed by atoms with Crippen molar-refractivity contribution in [1.82, 2.24) is 5.32 Å². The highest BCUT2D eigenvalue weighted by molar-refractivity contribution is 7.86. The molecule has 0 spiro atoms. The van der Waals surface area contributed by atoms with Crippen LogP contribution >= 0.6 is 0 Å². The number of nitrogens with zero attached hydrogens (tertiary/aromatic N) is 3. The van der Waals surface area contributed by atoms with E-state index in [1.54, 1.807) is 30.3 Å². The van der Waals surface area contributed by atoms with Gasteiger partial charge in [-0.05, 0) is 11.1 Å². The van der Waals surface area contributed by atoms with Crippen molar-refractivity contribution in [2.75, 3.05) is 19.1 Å². The van der Waals surface area contributed by atoms with Gasteiger partial charge in [0.05, 0.1) is 31.8 Å². The SMILES string of the molecule is CC(=O)N[C@H]1[C@@H](OCc2ccccc2)O[C@H](CN=[N+]=[N-])[C@@H](OS(C)(=O)=O)[C@@H]1OS(C)(=O)=O. The Morgan fingerprint density at radius 1 is 1.12 bits per heavy atom. The first-order valence-corrected chi connectivity index (χ1v) is 12.9. The first kappa shape index (κ1) is 26.0. The predicted octanol–water partition coefficient (Wildman–Crippen LogP) is 0.433. The molecule has 1 aromatic carbocycles. The maximum Gasteiger partial charge on any atom is 0.264 e. The average Bonchev–Trinajstić information content (AvgIpc) is 2.67. The molecule has 1 amide bonds. The number of ether oxygens (including phenoxy) is 2. The number of hydrogen-bond acceptors (Lipinski definition) is 10. The highest BCUT2D eigenvalue weighted by Gasteiger charge is 2.51. The molecule has 1 aromatic rings. The third kappa shape index (κ3) is 8.35. The molecule has 2 rings (SSSR count). The molecule has 5 atom stereocenters. The molecule has 178 valence electrons. The summed E-state index contributed by atoms with van der Waals surface area (Å²) in [6, 6.07) is 7.63. The number of rotatable bonds is 10. The van der Waals surface area contributed by atoms with E-state index in [4.69, 9.17) is 23.4 Å². The number of benzene rings is 1. The van der Waals surface area contributed by atoms with Gasteiger partial charge < -0.3 is 14.8 Å². The molecule has 0 bridgehead atoms. The summed E-state index contributed by atoms with van der Waals surface area (Å²) in [5.74, 6) is -0.583. The predicted molar refractivity (Wildman–Crippen MR) is 111 cm³/mol. The van der Waals surface area contributed by atoms with Crippen molar-refractivity contribution >= 4 is 26.1 Å². The zero-order valence-corrected chi connectivity index (χ0v) is 19.2. The first-order valence-electron chi connectivity index (χ1n) is 9.25. The second kappa shape index (κ2) is 11.0. The lowest BCUT2D eigenvalue weighted by atomic mass is 9.96. The number of nitrogens with one attached hydrogen (secondary N) is 1. The van der Waals surface area contributed by atoms with Crippen LogP contribution in [0.2, 0.25) is 0 Å². The van der Waals surface area contributed by atoms with E-state index in [2.05, 4.69) is 15.3 Å². The lowest BCUT2D eigenvalue weighted by Gasteiger charge is -2.44. The highest BCUT2D eigenvalue weighted by atomic mass is 32.2. The van der Waals surface area contributed by atoms with Crippen LogP contribution in [0.1, 0.15) is 12.5 Å². The molecule has 1 aliphatic rings. The van der Waals surface area contributed by atoms with Gasteiger partial charge >= 0.3 is 0 Å². The summed E-state index contributed by atoms with van der Waals surface area (Å²) in [5, 5.41) is 5.85. The Kier molecular flexibility index (Phi) is 8.98. The van der Waals surface area contributed by atoms with Gasteiger partial charge in [-0.3, -0.25) is 13.2 Å². The van der Waals surface area contributed by atoms with Gasteiger partial charge in [0.25, 0.3) is 20.2 Å². The molecule has 1 heterocycles. The van der Waals surface area contributed by atoms with Crippen molar-refractivity contribution in [3.05, 3.63) is 46.3 Å². The van der Waals surface area contributed by atoms with Crippen molar-refractivity contribution in [3.8, 4) is 0 Å². The Morgan fingerprint density at radius 2 is 1.72 bits per heavy atom. The molecule has 0 radical (unpaired) electrons. The summed E-state index contributed by atoms with van der Waals surface area (Å²) in [6.45, 7) is 0.765. The summed E-state index contributed by atoms with van der Waals surface area (Å²) in [7, 11) is -8.29. The van der Waals surface area contributed by atoms with Crippen LogP contribution in [-0.2, 0) is 49.5 Å². The standard InChI is InChI=1S/C17H24N4O9S2/c1-11(22)20-14-16(30-32(3,25)26)15(29-31(2,23)24)13(9-19-21-18)28-17(14)27-10-12-7-5-4-6-8-12/h4-8,13-17H,9-10H2,1-3H3,(H,20,22)/t13-,14-,15-,16-,17+/m1/s1. The molecule has 1 N–H and O–H groups in total. The van der Waals surface area contributed by atoms with E-state index < -0.39 is 63.3 Å². The van der Waals surface area contributed by atoms with Gasteiger partial charge in [-0.2, -0.15) is 16.8 Å². The van der Waals surface area contributed by atoms with Crippen molar-refractivity contribution < 1.29 is 39.5 Å². The molecule has 15 heteroatoms. The van der Waals surface area contributed by atoms with Crippen molar-refractivity contribution in [1.29, 1.82) is 0 Å². The van der Waals surface area contributed by atoms with Gasteiger partial charge in [0.2, 0.25) is 5.91 Å². The van der Waals surface area contributed by atoms with E-state index in [0.29, 0.717) is 0 Å². The van der Waals surface area contributed by atoms with Crippen LogP contribution in [0, 0.1) is 0 Å². The summed E-state index contributed by atoms with van der Waals surface area (Å²) in [4.78, 5) is 14.5. The quantitative estimate of drug-likeness (QED) is 0.209. The number of amides is 1. The second-order valence-corrected chi connectivity index (χ2v) is 10.2. The number of carbonyl (C=O) groups is 1. The third-order valence-electron chi connectivity index (χ3n) is 4.17. The number of carbonyl (C=O) groups excluding carboxylic acids is 1. The van der Waals surface area contributed by atoms with Crippen LogP contribution in [0.4, 0.5) is 0 Å². The lowest BCUT2D eigenvalue weighted by molar-refractivity contribution is -0.256. The topological polar surface area (TPSA) is 183 Å². The van der Waals surface area contributed by atoms with Crippen molar-refractivity contribution in [3.63, 3.8) is 0 Å². The van der Waals surface area contributed by atoms with Gasteiger partial charge in [0.1, 0.15) is 18.2 Å². The van der Waals surface area contributed by atoms with Gasteiger partial charge in [0, 0.05) is 11.8 Å². The Labute approximate surface area is 185 Å². The summed E-state index contributed by atoms with van der Waals surface area (Å²) < 4.78 is 69.3. The maximum absolute atomic E-state index is 11.9. The number of hydrogen-bond donors (Lipinski definition) is 1. The van der Waals surface area contributed by atoms with E-state index in [9.17, 15) is 21.6 Å². The summed E-state index contributed by atoms with van der Waals surface area (Å²) >= 11 is 0. The Balaban J connectivity index is 2.47. The Hall–Kier alpha value is -2.26. The molecular formula is C17H24N4O9S2. The van der Waals surface area contributed by atoms with Crippen LogP contribution in [0.3, 0.4) is 0 Å². The first-order chi connectivity index (χ1) is 14.9. The molecule has 0 unspecified atom stereocenters. The van der Waals surface area contributed by atoms with Crippen LogP contribution < -0.4 is 5.32 Å². The van der Waals surface area contributed by atoms with E-state index in [1.807, 2.05) is 0 Å². The molecule has 1 saturated heterocycles. The molecule has 0 aromatic heterocycles. The molecular weight excluding hydrogens is 468 g/mol. The van der Waals surface area contributed by atoms with Crippen molar-refractivity contribution in [2.24, 2.45) is 5.11 Å². The Morgan fingerprint density at radius 3 is 2.25 bits per heavy atom. The fourth-order valence-electron chi connectivity index (χ4n) is 3.08. The molecule has 0 saturated carbocycles. The van der Waals surface area contributed by atoms with Gasteiger partial charge in [0.15, 0.2) is 6.29 Å². The summed E-state index contributed by atoms with van der Waals surface area (Å²) in [6.07, 6.45) is -4.19. The van der Waals surface area contributed by atoms with Crippen molar-refractivity contribution in [2.45, 2.75) is 44.2 Å². The monoisotopic (exact) mass is 492 g/mol. The second-order valence-electron chi connectivity index (χ2n) is 7.01. The Bertz CT molecular complexity index is 1040. The zero-order chi connectivity index (χ0) is 23.9. The molecule has 32 heavy (non-hydrogen) atoms. The van der Waals surface area contributed by atoms with Crippen LogP contribution in [0.5, 0.6) is 0 Å². The van der Waals surface area contributed by atoms with Crippen LogP contribution in [0.25, 0.3) is 10.4 Å². The van der Waals surface area contributed by atoms with Crippen LogP contribution in [-0.4, -0.2) is 72.4 Å². The minimum absolute atomic E-state index is 0.0129. The highest BCUT2D eigenvalue weighted by Crippen LogP contribution is 2.30. The summed E-state index contributed by atoms with van der Waals surface area (Å²) in [5.41, 5.74) is 9.43. The maximum atomic E-state index is 11.9. The third-order valence-corrected chi connectivity index (χ3v) is 5.31. The van der Waals surface area contributed by atoms with Gasteiger partial charge in [-0.15, -0.1) is 0 Å². The largest absolute Gasteiger partial charge is 0.346 e. The minimum Gasteiger partial charge on any atom is -0.346 e.